The van der Waals surface area contributed by atoms with E-state index in [4.69, 9.17) is 4.74 Å². The highest BCUT2D eigenvalue weighted by molar-refractivity contribution is 5.45. The van der Waals surface area contributed by atoms with Crippen molar-refractivity contribution in [3.05, 3.63) is 24.3 Å². The van der Waals surface area contributed by atoms with Crippen molar-refractivity contribution in [1.29, 1.82) is 0 Å². The van der Waals surface area contributed by atoms with Crippen molar-refractivity contribution in [1.82, 2.24) is 0 Å². The van der Waals surface area contributed by atoms with E-state index in [2.05, 4.69) is 5.32 Å². The van der Waals surface area contributed by atoms with Crippen LogP contribution in [-0.2, 0) is 0 Å². The minimum Gasteiger partial charge on any atom is -0.493 e. The van der Waals surface area contributed by atoms with Crippen LogP contribution in [0.15, 0.2) is 24.3 Å². The predicted molar refractivity (Wildman–Crippen MR) is 62.4 cm³/mol. The van der Waals surface area contributed by atoms with Crippen molar-refractivity contribution >= 4 is 5.69 Å². The van der Waals surface area contributed by atoms with Crippen LogP contribution < -0.4 is 10.1 Å². The number of rotatable bonds is 5. The number of anilines is 1. The summed E-state index contributed by atoms with van der Waals surface area (Å²) < 4.78 is 5.49. The van der Waals surface area contributed by atoms with Crippen LogP contribution in [0.4, 0.5) is 5.69 Å². The molecule has 1 aromatic rings. The highest BCUT2D eigenvalue weighted by Crippen LogP contribution is 2.16. The van der Waals surface area contributed by atoms with Gasteiger partial charge in [-0.2, -0.15) is 0 Å². The number of ether oxygens (including phenoxy) is 1. The van der Waals surface area contributed by atoms with Crippen molar-refractivity contribution in [2.24, 2.45) is 0 Å². The second kappa shape index (κ2) is 5.03. The molecule has 1 aromatic carbocycles. The molecule has 0 aromatic heterocycles. The molecule has 0 spiro atoms. The van der Waals surface area contributed by atoms with Gasteiger partial charge in [-0.1, -0.05) is 0 Å². The van der Waals surface area contributed by atoms with Crippen LogP contribution in [0.2, 0.25) is 0 Å². The Morgan fingerprint density at radius 2 is 1.87 bits per heavy atom. The lowest BCUT2D eigenvalue weighted by atomic mass is 10.1. The third-order valence-electron chi connectivity index (χ3n) is 2.13. The summed E-state index contributed by atoms with van der Waals surface area (Å²) in [4.78, 5) is 0. The summed E-state index contributed by atoms with van der Waals surface area (Å²) >= 11 is 0. The van der Waals surface area contributed by atoms with Crippen LogP contribution in [0.1, 0.15) is 20.3 Å². The quantitative estimate of drug-likeness (QED) is 0.781. The van der Waals surface area contributed by atoms with E-state index in [1.807, 2.05) is 31.3 Å². The monoisotopic (exact) mass is 209 g/mol. The average molecular weight is 209 g/mol. The molecule has 0 aliphatic carbocycles. The maximum absolute atomic E-state index is 9.49. The predicted octanol–water partition coefficient (Wildman–Crippen LogP) is 2.27. The lowest BCUT2D eigenvalue weighted by Crippen LogP contribution is -2.21. The minimum absolute atomic E-state index is 0.530. The Kier molecular flexibility index (Phi) is 3.97. The Balaban J connectivity index is 2.38. The zero-order valence-corrected chi connectivity index (χ0v) is 9.58. The van der Waals surface area contributed by atoms with Crippen molar-refractivity contribution < 1.29 is 9.84 Å². The maximum atomic E-state index is 9.49. The van der Waals surface area contributed by atoms with Gasteiger partial charge in [0.05, 0.1) is 12.2 Å². The minimum atomic E-state index is -0.662. The van der Waals surface area contributed by atoms with E-state index in [9.17, 15) is 5.11 Å². The molecule has 3 nitrogen and oxygen atoms in total. The maximum Gasteiger partial charge on any atom is 0.119 e. The van der Waals surface area contributed by atoms with Crippen LogP contribution in [-0.4, -0.2) is 24.4 Å². The second-order valence-electron chi connectivity index (χ2n) is 4.19. The van der Waals surface area contributed by atoms with Gasteiger partial charge in [0.25, 0.3) is 0 Å². The van der Waals surface area contributed by atoms with E-state index in [0.29, 0.717) is 13.0 Å². The largest absolute Gasteiger partial charge is 0.493 e. The molecular weight excluding hydrogens is 190 g/mol. The van der Waals surface area contributed by atoms with Gasteiger partial charge >= 0.3 is 0 Å². The molecule has 0 radical (unpaired) electrons. The molecule has 3 heteroatoms. The molecule has 0 unspecified atom stereocenters. The molecule has 84 valence electrons. The number of nitrogens with one attached hydrogen (secondary N) is 1. The lowest BCUT2D eigenvalue weighted by Gasteiger charge is -2.17. The molecular formula is C12H19NO2. The third-order valence-corrected chi connectivity index (χ3v) is 2.13. The molecule has 0 heterocycles. The first kappa shape index (κ1) is 11.9. The Hall–Kier alpha value is -1.22. The summed E-state index contributed by atoms with van der Waals surface area (Å²) in [6, 6.07) is 7.74. The fourth-order valence-corrected chi connectivity index (χ4v) is 1.14. The standard InChI is InChI=1S/C12H19NO2/c1-12(2,14)8-9-15-11-6-4-10(13-3)5-7-11/h4-7,13-14H,8-9H2,1-3H3. The van der Waals surface area contributed by atoms with Gasteiger partial charge in [-0.15, -0.1) is 0 Å². The first-order valence-corrected chi connectivity index (χ1v) is 5.14. The normalized spacial score (nSPS) is 11.2. The smallest absolute Gasteiger partial charge is 0.119 e. The molecule has 0 saturated heterocycles. The Morgan fingerprint density at radius 3 is 2.33 bits per heavy atom. The van der Waals surface area contributed by atoms with Gasteiger partial charge in [-0.3, -0.25) is 0 Å². The summed E-state index contributed by atoms with van der Waals surface area (Å²) in [6.07, 6.45) is 0.626. The summed E-state index contributed by atoms with van der Waals surface area (Å²) in [5.41, 5.74) is 0.398. The van der Waals surface area contributed by atoms with Crippen LogP contribution in [0.25, 0.3) is 0 Å². The average Bonchev–Trinajstić information content (AvgIpc) is 2.17. The molecule has 0 amide bonds. The van der Waals surface area contributed by atoms with Crippen molar-refractivity contribution in [3.8, 4) is 5.75 Å². The van der Waals surface area contributed by atoms with Gasteiger partial charge in [0.2, 0.25) is 0 Å². The Labute approximate surface area is 91.1 Å². The number of hydrogen-bond donors (Lipinski definition) is 2. The summed E-state index contributed by atoms with van der Waals surface area (Å²) in [6.45, 7) is 4.09. The first-order valence-electron chi connectivity index (χ1n) is 5.14. The van der Waals surface area contributed by atoms with Gasteiger partial charge in [0.1, 0.15) is 5.75 Å². The molecule has 0 aliphatic heterocycles. The summed E-state index contributed by atoms with van der Waals surface area (Å²) in [5.74, 6) is 0.832. The first-order chi connectivity index (χ1) is 7.01. The van der Waals surface area contributed by atoms with Gasteiger partial charge in [-0.05, 0) is 38.1 Å². The SMILES string of the molecule is CNc1ccc(OCCC(C)(C)O)cc1. The highest BCUT2D eigenvalue weighted by atomic mass is 16.5. The number of benzene rings is 1. The Bertz CT molecular complexity index is 287. The molecule has 0 aliphatic rings. The summed E-state index contributed by atoms with van der Waals surface area (Å²) in [7, 11) is 1.88. The summed E-state index contributed by atoms with van der Waals surface area (Å²) in [5, 5.41) is 12.5. The highest BCUT2D eigenvalue weighted by Gasteiger charge is 2.11. The molecule has 15 heavy (non-hydrogen) atoms. The van der Waals surface area contributed by atoms with Crippen molar-refractivity contribution in [2.75, 3.05) is 19.0 Å². The second-order valence-corrected chi connectivity index (χ2v) is 4.19. The van der Waals surface area contributed by atoms with Crippen LogP contribution in [0.5, 0.6) is 5.75 Å². The van der Waals surface area contributed by atoms with E-state index in [1.54, 1.807) is 13.8 Å². The van der Waals surface area contributed by atoms with Gasteiger partial charge in [0, 0.05) is 19.2 Å². The van der Waals surface area contributed by atoms with Gasteiger partial charge in [0.15, 0.2) is 0 Å². The number of aliphatic hydroxyl groups is 1. The molecule has 0 atom stereocenters. The fraction of sp³-hybridized carbons (Fsp3) is 0.500. The van der Waals surface area contributed by atoms with Crippen molar-refractivity contribution in [3.63, 3.8) is 0 Å². The van der Waals surface area contributed by atoms with E-state index in [0.717, 1.165) is 11.4 Å². The molecule has 0 saturated carbocycles. The molecule has 2 N–H and O–H groups in total. The van der Waals surface area contributed by atoms with Gasteiger partial charge in [-0.25, -0.2) is 0 Å². The van der Waals surface area contributed by atoms with Crippen molar-refractivity contribution in [2.45, 2.75) is 25.9 Å². The molecule has 1 rings (SSSR count). The zero-order valence-electron chi connectivity index (χ0n) is 9.58. The van der Waals surface area contributed by atoms with Crippen LogP contribution >= 0.6 is 0 Å². The topological polar surface area (TPSA) is 41.5 Å². The molecule has 0 fully saturated rings. The van der Waals surface area contributed by atoms with Gasteiger partial charge < -0.3 is 15.2 Å². The third kappa shape index (κ3) is 4.70. The van der Waals surface area contributed by atoms with E-state index in [-0.39, 0.29) is 0 Å². The van der Waals surface area contributed by atoms with E-state index in [1.165, 1.54) is 0 Å². The fourth-order valence-electron chi connectivity index (χ4n) is 1.14. The van der Waals surface area contributed by atoms with Crippen LogP contribution in [0.3, 0.4) is 0 Å². The number of hydrogen-bond acceptors (Lipinski definition) is 3. The Morgan fingerprint density at radius 1 is 1.27 bits per heavy atom. The van der Waals surface area contributed by atoms with E-state index < -0.39 is 5.60 Å². The van der Waals surface area contributed by atoms with E-state index >= 15 is 0 Å². The molecule has 0 bridgehead atoms. The zero-order chi connectivity index (χ0) is 11.3. The lowest BCUT2D eigenvalue weighted by molar-refractivity contribution is 0.0553. The van der Waals surface area contributed by atoms with Crippen LogP contribution in [0, 0.1) is 0 Å².